The highest BCUT2D eigenvalue weighted by Gasteiger charge is 2.20. The van der Waals surface area contributed by atoms with Gasteiger partial charge in [-0.3, -0.25) is 0 Å². The summed E-state index contributed by atoms with van der Waals surface area (Å²) < 4.78 is 22.0. The standard InChI is InChI=1S/C24H25NO5/c1-5-27-23(26)18-10-15-11-21-22(30-14-29-21)12-19(15)25-20(18)13-28-17-8-6-16(7-9-17)24(2,3)4/h6-12H,5,13-14H2,1-4H3. The predicted molar refractivity (Wildman–Crippen MR) is 113 cm³/mol. The van der Waals surface area contributed by atoms with Gasteiger partial charge in [0, 0.05) is 11.5 Å². The molecule has 1 aliphatic rings. The second kappa shape index (κ2) is 7.86. The average Bonchev–Trinajstić information content (AvgIpc) is 3.17. The number of rotatable bonds is 5. The summed E-state index contributed by atoms with van der Waals surface area (Å²) in [6, 6.07) is 13.4. The summed E-state index contributed by atoms with van der Waals surface area (Å²) in [6.07, 6.45) is 0. The average molecular weight is 407 g/mol. The van der Waals surface area contributed by atoms with E-state index in [9.17, 15) is 4.79 Å². The Labute approximate surface area is 175 Å². The summed E-state index contributed by atoms with van der Waals surface area (Å²) in [5.41, 5.74) is 2.90. The fourth-order valence-electron chi connectivity index (χ4n) is 3.30. The first-order valence-corrected chi connectivity index (χ1v) is 9.99. The largest absolute Gasteiger partial charge is 0.487 e. The molecule has 2 aromatic carbocycles. The topological polar surface area (TPSA) is 66.9 Å². The van der Waals surface area contributed by atoms with E-state index in [0.29, 0.717) is 34.0 Å². The maximum Gasteiger partial charge on any atom is 0.340 e. The summed E-state index contributed by atoms with van der Waals surface area (Å²) in [5, 5.41) is 0.778. The van der Waals surface area contributed by atoms with Crippen molar-refractivity contribution in [1.29, 1.82) is 0 Å². The highest BCUT2D eigenvalue weighted by molar-refractivity contribution is 5.96. The molecule has 0 aliphatic carbocycles. The van der Waals surface area contributed by atoms with Crippen molar-refractivity contribution in [3.05, 3.63) is 59.3 Å². The lowest BCUT2D eigenvalue weighted by Crippen LogP contribution is -2.12. The normalized spacial score (nSPS) is 12.8. The molecular formula is C24H25NO5. The third kappa shape index (κ3) is 4.03. The molecule has 156 valence electrons. The third-order valence-electron chi connectivity index (χ3n) is 4.98. The van der Waals surface area contributed by atoms with Crippen LogP contribution in [-0.4, -0.2) is 24.4 Å². The van der Waals surface area contributed by atoms with Crippen LogP contribution >= 0.6 is 0 Å². The van der Waals surface area contributed by atoms with E-state index in [2.05, 4.69) is 37.9 Å². The molecule has 0 unspecified atom stereocenters. The molecule has 1 aliphatic heterocycles. The monoisotopic (exact) mass is 407 g/mol. The van der Waals surface area contributed by atoms with Gasteiger partial charge in [0.25, 0.3) is 0 Å². The summed E-state index contributed by atoms with van der Waals surface area (Å²) in [6.45, 7) is 8.88. The quantitative estimate of drug-likeness (QED) is 0.554. The van der Waals surface area contributed by atoms with E-state index in [0.717, 1.165) is 5.39 Å². The number of esters is 1. The number of carbonyl (C=O) groups excluding carboxylic acids is 1. The lowest BCUT2D eigenvalue weighted by molar-refractivity contribution is 0.0523. The molecule has 0 saturated carbocycles. The number of hydrogen-bond donors (Lipinski definition) is 0. The first kappa shape index (κ1) is 20.0. The molecule has 0 spiro atoms. The van der Waals surface area contributed by atoms with Gasteiger partial charge in [-0.15, -0.1) is 0 Å². The van der Waals surface area contributed by atoms with E-state index in [1.807, 2.05) is 24.3 Å². The van der Waals surface area contributed by atoms with Crippen LogP contribution in [0.2, 0.25) is 0 Å². The van der Waals surface area contributed by atoms with Crippen LogP contribution in [0.15, 0.2) is 42.5 Å². The molecule has 4 rings (SSSR count). The molecular weight excluding hydrogens is 382 g/mol. The van der Waals surface area contributed by atoms with Gasteiger partial charge in [0.05, 0.1) is 23.4 Å². The zero-order chi connectivity index (χ0) is 21.3. The Bertz CT molecular complexity index is 1080. The van der Waals surface area contributed by atoms with E-state index >= 15 is 0 Å². The maximum absolute atomic E-state index is 12.5. The Morgan fingerprint density at radius 1 is 1.07 bits per heavy atom. The van der Waals surface area contributed by atoms with Crippen molar-refractivity contribution in [1.82, 2.24) is 4.98 Å². The number of nitrogens with zero attached hydrogens (tertiary/aromatic N) is 1. The fraction of sp³-hybridized carbons (Fsp3) is 0.333. The van der Waals surface area contributed by atoms with Crippen LogP contribution in [0.1, 0.15) is 49.3 Å². The lowest BCUT2D eigenvalue weighted by Gasteiger charge is -2.19. The molecule has 0 amide bonds. The number of benzene rings is 2. The maximum atomic E-state index is 12.5. The summed E-state index contributed by atoms with van der Waals surface area (Å²) in [7, 11) is 0. The van der Waals surface area contributed by atoms with Crippen LogP contribution in [0.5, 0.6) is 17.2 Å². The van der Waals surface area contributed by atoms with Crippen molar-refractivity contribution in [2.45, 2.75) is 39.7 Å². The molecule has 0 saturated heterocycles. The molecule has 30 heavy (non-hydrogen) atoms. The molecule has 1 aromatic heterocycles. The Morgan fingerprint density at radius 3 is 2.43 bits per heavy atom. The Balaban J connectivity index is 1.64. The summed E-state index contributed by atoms with van der Waals surface area (Å²) >= 11 is 0. The fourth-order valence-corrected chi connectivity index (χ4v) is 3.30. The summed E-state index contributed by atoms with van der Waals surface area (Å²) in [5.74, 6) is 1.57. The van der Waals surface area contributed by atoms with E-state index in [1.165, 1.54) is 5.56 Å². The van der Waals surface area contributed by atoms with E-state index in [1.54, 1.807) is 13.0 Å². The molecule has 0 fully saturated rings. The molecule has 6 nitrogen and oxygen atoms in total. The van der Waals surface area contributed by atoms with Crippen LogP contribution in [-0.2, 0) is 16.8 Å². The Kier molecular flexibility index (Phi) is 5.24. The van der Waals surface area contributed by atoms with Crippen molar-refractivity contribution < 1.29 is 23.7 Å². The zero-order valence-electron chi connectivity index (χ0n) is 17.7. The van der Waals surface area contributed by atoms with E-state index in [4.69, 9.17) is 18.9 Å². The minimum atomic E-state index is -0.425. The first-order chi connectivity index (χ1) is 14.3. The predicted octanol–water partition coefficient (Wildman–Crippen LogP) is 5.02. The van der Waals surface area contributed by atoms with E-state index in [-0.39, 0.29) is 25.4 Å². The minimum Gasteiger partial charge on any atom is -0.487 e. The highest BCUT2D eigenvalue weighted by atomic mass is 16.7. The number of ether oxygens (including phenoxy) is 4. The van der Waals surface area contributed by atoms with Gasteiger partial charge in [-0.2, -0.15) is 0 Å². The van der Waals surface area contributed by atoms with Gasteiger partial charge in [-0.25, -0.2) is 9.78 Å². The number of fused-ring (bicyclic) bond motifs is 2. The number of pyridine rings is 1. The van der Waals surface area contributed by atoms with Crippen molar-refractivity contribution >= 4 is 16.9 Å². The molecule has 0 N–H and O–H groups in total. The smallest absolute Gasteiger partial charge is 0.340 e. The van der Waals surface area contributed by atoms with E-state index < -0.39 is 5.97 Å². The van der Waals surface area contributed by atoms with Gasteiger partial charge in [0.2, 0.25) is 6.79 Å². The van der Waals surface area contributed by atoms with Gasteiger partial charge in [0.1, 0.15) is 12.4 Å². The SMILES string of the molecule is CCOC(=O)c1cc2cc3c(cc2nc1COc1ccc(C(C)(C)C)cc1)OCO3. The van der Waals surface area contributed by atoms with Crippen molar-refractivity contribution in [3.63, 3.8) is 0 Å². The van der Waals surface area contributed by atoms with Crippen molar-refractivity contribution in [2.75, 3.05) is 13.4 Å². The van der Waals surface area contributed by atoms with Crippen LogP contribution in [0, 0.1) is 0 Å². The molecule has 2 heterocycles. The molecule has 3 aromatic rings. The van der Waals surface area contributed by atoms with Crippen molar-refractivity contribution in [2.24, 2.45) is 0 Å². The van der Waals surface area contributed by atoms with Gasteiger partial charge in [-0.05, 0) is 42.2 Å². The molecule has 0 atom stereocenters. The minimum absolute atomic E-state index is 0.0710. The first-order valence-electron chi connectivity index (χ1n) is 9.99. The van der Waals surface area contributed by atoms with Crippen LogP contribution in [0.25, 0.3) is 10.9 Å². The summed E-state index contributed by atoms with van der Waals surface area (Å²) in [4.78, 5) is 17.2. The Morgan fingerprint density at radius 2 is 1.77 bits per heavy atom. The zero-order valence-corrected chi connectivity index (χ0v) is 17.7. The lowest BCUT2D eigenvalue weighted by atomic mass is 9.87. The molecule has 6 heteroatoms. The highest BCUT2D eigenvalue weighted by Crippen LogP contribution is 2.36. The van der Waals surface area contributed by atoms with Crippen molar-refractivity contribution in [3.8, 4) is 17.2 Å². The van der Waals surface area contributed by atoms with Gasteiger partial charge in [-0.1, -0.05) is 32.9 Å². The number of aromatic nitrogens is 1. The number of hydrogen-bond acceptors (Lipinski definition) is 6. The second-order valence-corrected chi connectivity index (χ2v) is 8.16. The van der Waals surface area contributed by atoms with Crippen LogP contribution in [0.3, 0.4) is 0 Å². The second-order valence-electron chi connectivity index (χ2n) is 8.16. The molecule has 0 radical (unpaired) electrons. The third-order valence-corrected chi connectivity index (χ3v) is 4.98. The molecule has 0 bridgehead atoms. The van der Waals surface area contributed by atoms with Gasteiger partial charge in [0.15, 0.2) is 11.5 Å². The Hall–Kier alpha value is -3.28. The van der Waals surface area contributed by atoms with Gasteiger partial charge < -0.3 is 18.9 Å². The van der Waals surface area contributed by atoms with Gasteiger partial charge >= 0.3 is 5.97 Å². The van der Waals surface area contributed by atoms with Crippen LogP contribution < -0.4 is 14.2 Å². The van der Waals surface area contributed by atoms with Crippen LogP contribution in [0.4, 0.5) is 0 Å². The number of carbonyl (C=O) groups is 1.